The highest BCUT2D eigenvalue weighted by atomic mass is 35.5. The van der Waals surface area contributed by atoms with Crippen molar-refractivity contribution in [2.75, 3.05) is 17.7 Å². The third-order valence-corrected chi connectivity index (χ3v) is 3.30. The maximum atomic E-state index is 13.4. The van der Waals surface area contributed by atoms with E-state index in [4.69, 9.17) is 23.2 Å². The highest BCUT2D eigenvalue weighted by molar-refractivity contribution is 6.35. The average molecular weight is 330 g/mol. The Balaban J connectivity index is 2.47. The Morgan fingerprint density at radius 3 is 2.29 bits per heavy atom. The lowest BCUT2D eigenvalue weighted by Crippen LogP contribution is -2.01. The fourth-order valence-corrected chi connectivity index (χ4v) is 2.31. The minimum atomic E-state index is -0.734. The van der Waals surface area contributed by atoms with Crippen LogP contribution in [0.4, 0.5) is 27.1 Å². The highest BCUT2D eigenvalue weighted by Crippen LogP contribution is 2.36. The zero-order valence-corrected chi connectivity index (χ0v) is 12.3. The molecule has 0 aromatic heterocycles. The Bertz CT molecular complexity index is 687. The summed E-state index contributed by atoms with van der Waals surface area (Å²) in [6.45, 7) is 0. The van der Waals surface area contributed by atoms with Crippen LogP contribution in [-0.4, -0.2) is 12.0 Å². The molecule has 2 aromatic carbocycles. The van der Waals surface area contributed by atoms with Crippen molar-refractivity contribution < 1.29 is 9.31 Å². The van der Waals surface area contributed by atoms with Gasteiger partial charge in [0.15, 0.2) is 5.82 Å². The average Bonchev–Trinajstić information content (AvgIpc) is 2.44. The van der Waals surface area contributed by atoms with Gasteiger partial charge in [0.05, 0.1) is 15.0 Å². The summed E-state index contributed by atoms with van der Waals surface area (Å²) < 4.78 is 13.4. The van der Waals surface area contributed by atoms with Crippen molar-refractivity contribution in [1.82, 2.24) is 0 Å². The Hall–Kier alpha value is -2.05. The number of halogens is 3. The molecule has 0 unspecified atom stereocenters. The summed E-state index contributed by atoms with van der Waals surface area (Å²) in [4.78, 5) is 10.7. The molecule has 0 fully saturated rings. The van der Waals surface area contributed by atoms with E-state index in [0.29, 0.717) is 11.4 Å². The third-order valence-electron chi connectivity index (χ3n) is 2.75. The molecule has 0 aliphatic rings. The lowest BCUT2D eigenvalue weighted by Gasteiger charge is -2.11. The van der Waals surface area contributed by atoms with Gasteiger partial charge >= 0.3 is 5.69 Å². The standard InChI is InChI=1S/C13H10Cl2FN3O2/c1-17-10-3-2-4-11(13(10)19(20)21)18-7-5-8(14)12(16)9(15)6-7/h2-6,17-18H,1H3. The summed E-state index contributed by atoms with van der Waals surface area (Å²) in [5.41, 5.74) is 0.814. The molecule has 2 N–H and O–H groups in total. The van der Waals surface area contributed by atoms with Gasteiger partial charge in [-0.2, -0.15) is 0 Å². The van der Waals surface area contributed by atoms with Gasteiger partial charge in [0, 0.05) is 12.7 Å². The first-order chi connectivity index (χ1) is 9.93. The number of nitro groups is 1. The molecule has 0 atom stereocenters. The van der Waals surface area contributed by atoms with E-state index < -0.39 is 10.7 Å². The number of benzene rings is 2. The zero-order chi connectivity index (χ0) is 15.6. The van der Waals surface area contributed by atoms with E-state index in [2.05, 4.69) is 10.6 Å². The van der Waals surface area contributed by atoms with Gasteiger partial charge in [-0.05, 0) is 24.3 Å². The fourth-order valence-electron chi connectivity index (χ4n) is 1.83. The lowest BCUT2D eigenvalue weighted by atomic mass is 10.2. The second-order valence-electron chi connectivity index (χ2n) is 4.09. The van der Waals surface area contributed by atoms with E-state index in [1.54, 1.807) is 19.2 Å². The van der Waals surface area contributed by atoms with Crippen LogP contribution < -0.4 is 10.6 Å². The van der Waals surface area contributed by atoms with Crippen LogP contribution in [0.1, 0.15) is 0 Å². The van der Waals surface area contributed by atoms with E-state index in [1.165, 1.54) is 18.2 Å². The van der Waals surface area contributed by atoms with Gasteiger partial charge in [0.2, 0.25) is 0 Å². The molecule has 0 radical (unpaired) electrons. The summed E-state index contributed by atoms with van der Waals surface area (Å²) in [6, 6.07) is 7.36. The molecule has 0 heterocycles. The van der Waals surface area contributed by atoms with Crippen LogP contribution in [0.3, 0.4) is 0 Å². The van der Waals surface area contributed by atoms with Crippen LogP contribution in [0, 0.1) is 15.9 Å². The zero-order valence-electron chi connectivity index (χ0n) is 10.8. The van der Waals surface area contributed by atoms with E-state index in [0.717, 1.165) is 0 Å². The number of para-hydroxylation sites is 1. The van der Waals surface area contributed by atoms with Crippen molar-refractivity contribution in [3.8, 4) is 0 Å². The summed E-state index contributed by atoms with van der Waals surface area (Å²) in [5, 5.41) is 16.4. The maximum absolute atomic E-state index is 13.4. The molecule has 0 aliphatic carbocycles. The molecule has 0 saturated heterocycles. The molecular formula is C13H10Cl2FN3O2. The lowest BCUT2D eigenvalue weighted by molar-refractivity contribution is -0.383. The van der Waals surface area contributed by atoms with Crippen molar-refractivity contribution in [1.29, 1.82) is 0 Å². The minimum absolute atomic E-state index is 0.128. The Labute approximate surface area is 129 Å². The molecule has 0 aliphatic heterocycles. The molecule has 5 nitrogen and oxygen atoms in total. The largest absolute Gasteiger partial charge is 0.382 e. The summed E-state index contributed by atoms with van der Waals surface area (Å²) in [7, 11) is 1.58. The van der Waals surface area contributed by atoms with Crippen molar-refractivity contribution in [3.63, 3.8) is 0 Å². The van der Waals surface area contributed by atoms with Gasteiger partial charge in [-0.1, -0.05) is 29.3 Å². The third kappa shape index (κ3) is 3.17. The first-order valence-corrected chi connectivity index (χ1v) is 6.56. The Morgan fingerprint density at radius 2 is 1.76 bits per heavy atom. The van der Waals surface area contributed by atoms with E-state index >= 15 is 0 Å². The number of nitrogens with zero attached hydrogens (tertiary/aromatic N) is 1. The van der Waals surface area contributed by atoms with Crippen LogP contribution in [0.5, 0.6) is 0 Å². The number of nitrogens with one attached hydrogen (secondary N) is 2. The van der Waals surface area contributed by atoms with Gasteiger partial charge in [-0.25, -0.2) is 4.39 Å². The van der Waals surface area contributed by atoms with E-state index in [-0.39, 0.29) is 21.4 Å². The van der Waals surface area contributed by atoms with Crippen molar-refractivity contribution in [2.45, 2.75) is 0 Å². The normalized spacial score (nSPS) is 10.3. The second kappa shape index (κ2) is 6.15. The summed E-state index contributed by atoms with van der Waals surface area (Å²) >= 11 is 11.4. The predicted octanol–water partition coefficient (Wildman–Crippen LogP) is 4.83. The molecule has 8 heteroatoms. The molecular weight excluding hydrogens is 320 g/mol. The fraction of sp³-hybridized carbons (Fsp3) is 0.0769. The van der Waals surface area contributed by atoms with Gasteiger partial charge in [-0.15, -0.1) is 0 Å². The van der Waals surface area contributed by atoms with Crippen LogP contribution >= 0.6 is 23.2 Å². The first kappa shape index (κ1) is 15.3. The van der Waals surface area contributed by atoms with Crippen molar-refractivity contribution in [3.05, 3.63) is 56.3 Å². The monoisotopic (exact) mass is 329 g/mol. The number of anilines is 3. The van der Waals surface area contributed by atoms with Crippen LogP contribution in [0.15, 0.2) is 30.3 Å². The quantitative estimate of drug-likeness (QED) is 0.479. The van der Waals surface area contributed by atoms with Crippen LogP contribution in [-0.2, 0) is 0 Å². The van der Waals surface area contributed by atoms with E-state index in [9.17, 15) is 14.5 Å². The van der Waals surface area contributed by atoms with Crippen LogP contribution in [0.25, 0.3) is 0 Å². The van der Waals surface area contributed by atoms with E-state index in [1.807, 2.05) is 0 Å². The molecule has 0 bridgehead atoms. The molecule has 0 saturated carbocycles. The molecule has 0 amide bonds. The van der Waals surface area contributed by atoms with Gasteiger partial charge < -0.3 is 10.6 Å². The van der Waals surface area contributed by atoms with Gasteiger partial charge in [0.1, 0.15) is 11.4 Å². The molecule has 2 aromatic rings. The number of rotatable bonds is 4. The summed E-state index contributed by atoms with van der Waals surface area (Å²) in [6.07, 6.45) is 0. The molecule has 0 spiro atoms. The van der Waals surface area contributed by atoms with Crippen molar-refractivity contribution in [2.24, 2.45) is 0 Å². The van der Waals surface area contributed by atoms with Crippen molar-refractivity contribution >= 4 is 46.0 Å². The first-order valence-electron chi connectivity index (χ1n) is 5.80. The second-order valence-corrected chi connectivity index (χ2v) is 4.90. The number of hydrogen-bond donors (Lipinski definition) is 2. The van der Waals surface area contributed by atoms with Crippen LogP contribution in [0.2, 0.25) is 10.0 Å². The number of nitro benzene ring substituents is 1. The molecule has 110 valence electrons. The predicted molar refractivity (Wildman–Crippen MR) is 82.3 cm³/mol. The highest BCUT2D eigenvalue weighted by Gasteiger charge is 2.19. The topological polar surface area (TPSA) is 67.2 Å². The minimum Gasteiger partial charge on any atom is -0.382 e. The van der Waals surface area contributed by atoms with Gasteiger partial charge in [0.25, 0.3) is 0 Å². The van der Waals surface area contributed by atoms with Gasteiger partial charge in [-0.3, -0.25) is 10.1 Å². The maximum Gasteiger partial charge on any atom is 0.315 e. The number of hydrogen-bond acceptors (Lipinski definition) is 4. The molecule has 2 rings (SSSR count). The Morgan fingerprint density at radius 1 is 1.19 bits per heavy atom. The molecule has 21 heavy (non-hydrogen) atoms. The summed E-state index contributed by atoms with van der Waals surface area (Å²) in [5.74, 6) is -0.734. The smallest absolute Gasteiger partial charge is 0.315 e. The SMILES string of the molecule is CNc1cccc(Nc2cc(Cl)c(F)c(Cl)c2)c1[N+](=O)[O-]. The Kier molecular flexibility index (Phi) is 4.50.